The van der Waals surface area contributed by atoms with Crippen LogP contribution in [0.3, 0.4) is 0 Å². The summed E-state index contributed by atoms with van der Waals surface area (Å²) in [5, 5.41) is 13.9. The van der Waals surface area contributed by atoms with E-state index in [1.54, 1.807) is 25.3 Å². The van der Waals surface area contributed by atoms with E-state index >= 15 is 0 Å². The van der Waals surface area contributed by atoms with Crippen molar-refractivity contribution < 1.29 is 9.72 Å². The van der Waals surface area contributed by atoms with Crippen LogP contribution < -0.4 is 5.32 Å². The Hall–Kier alpha value is -2.12. The van der Waals surface area contributed by atoms with Crippen LogP contribution in [0.1, 0.15) is 6.92 Å². The number of hydrogen-bond acceptors (Lipinski definition) is 5. The summed E-state index contributed by atoms with van der Waals surface area (Å²) in [4.78, 5) is 26.3. The number of benzene rings is 1. The van der Waals surface area contributed by atoms with Crippen molar-refractivity contribution in [2.75, 3.05) is 5.32 Å². The fraction of sp³-hybridized carbons (Fsp3) is 0.143. The van der Waals surface area contributed by atoms with E-state index in [1.807, 2.05) is 0 Å². The first-order chi connectivity index (χ1) is 10.5. The van der Waals surface area contributed by atoms with Crippen LogP contribution in [0.4, 0.5) is 11.4 Å². The van der Waals surface area contributed by atoms with Gasteiger partial charge < -0.3 is 5.32 Å². The Morgan fingerprint density at radius 1 is 1.36 bits per heavy atom. The minimum Gasteiger partial charge on any atom is -0.325 e. The number of aromatic nitrogens is 1. The second-order valence-corrected chi connectivity index (χ2v) is 6.08. The lowest BCUT2D eigenvalue weighted by Gasteiger charge is -2.12. The molecule has 1 unspecified atom stereocenters. The van der Waals surface area contributed by atoms with E-state index in [1.165, 1.54) is 36.0 Å². The van der Waals surface area contributed by atoms with E-state index < -0.39 is 10.2 Å². The van der Waals surface area contributed by atoms with Gasteiger partial charge in [-0.1, -0.05) is 23.4 Å². The van der Waals surface area contributed by atoms with Gasteiger partial charge in [-0.15, -0.1) is 0 Å². The highest BCUT2D eigenvalue weighted by molar-refractivity contribution is 8.00. The molecule has 1 aromatic carbocycles. The summed E-state index contributed by atoms with van der Waals surface area (Å²) in [5.41, 5.74) is 0.468. The molecule has 0 fully saturated rings. The van der Waals surface area contributed by atoms with E-state index in [-0.39, 0.29) is 11.6 Å². The predicted molar refractivity (Wildman–Crippen MR) is 86.3 cm³/mol. The topological polar surface area (TPSA) is 85.1 Å². The first kappa shape index (κ1) is 16.3. The SMILES string of the molecule is CC(Sc1ncccc1Cl)C(=O)Nc1ccc([N+](=O)[O-])cc1. The number of nitrogens with one attached hydrogen (secondary N) is 1. The number of nitrogens with zero attached hydrogens (tertiary/aromatic N) is 2. The van der Waals surface area contributed by atoms with E-state index in [0.717, 1.165) is 0 Å². The summed E-state index contributed by atoms with van der Waals surface area (Å²) in [5.74, 6) is -0.236. The molecule has 2 rings (SSSR count). The molecule has 1 N–H and O–H groups in total. The fourth-order valence-corrected chi connectivity index (χ4v) is 2.65. The lowest BCUT2D eigenvalue weighted by atomic mass is 10.3. The quantitative estimate of drug-likeness (QED) is 0.510. The van der Waals surface area contributed by atoms with Gasteiger partial charge in [0.2, 0.25) is 5.91 Å². The third-order valence-corrected chi connectivity index (χ3v) is 4.26. The number of carbonyl (C=O) groups is 1. The molecule has 2 aromatic rings. The minimum atomic E-state index is -0.493. The maximum absolute atomic E-state index is 12.1. The van der Waals surface area contributed by atoms with Crippen LogP contribution in [0, 0.1) is 10.1 Å². The molecule has 1 amide bonds. The zero-order chi connectivity index (χ0) is 16.1. The van der Waals surface area contributed by atoms with E-state index in [2.05, 4.69) is 10.3 Å². The number of non-ortho nitro benzene ring substituents is 1. The highest BCUT2D eigenvalue weighted by Crippen LogP contribution is 2.28. The number of pyridine rings is 1. The van der Waals surface area contributed by atoms with E-state index in [4.69, 9.17) is 11.6 Å². The Morgan fingerprint density at radius 2 is 2.05 bits per heavy atom. The second kappa shape index (κ2) is 7.24. The maximum atomic E-state index is 12.1. The van der Waals surface area contributed by atoms with Crippen LogP contribution in [0.25, 0.3) is 0 Å². The second-order valence-electron chi connectivity index (χ2n) is 4.34. The lowest BCUT2D eigenvalue weighted by Crippen LogP contribution is -2.22. The van der Waals surface area contributed by atoms with E-state index in [9.17, 15) is 14.9 Å². The molecule has 0 saturated carbocycles. The van der Waals surface area contributed by atoms with Crippen molar-refractivity contribution in [3.63, 3.8) is 0 Å². The van der Waals surface area contributed by atoms with Crippen molar-refractivity contribution in [3.05, 3.63) is 57.7 Å². The van der Waals surface area contributed by atoms with Gasteiger partial charge in [0.25, 0.3) is 5.69 Å². The average Bonchev–Trinajstić information content (AvgIpc) is 2.50. The number of rotatable bonds is 5. The normalized spacial score (nSPS) is 11.7. The fourth-order valence-electron chi connectivity index (χ4n) is 1.59. The summed E-state index contributed by atoms with van der Waals surface area (Å²) in [6.45, 7) is 1.73. The van der Waals surface area contributed by atoms with Gasteiger partial charge in [-0.2, -0.15) is 0 Å². The molecule has 1 atom stereocenters. The Morgan fingerprint density at radius 3 is 2.64 bits per heavy atom. The molecule has 0 bridgehead atoms. The Bertz CT molecular complexity index is 694. The molecule has 0 aliphatic heterocycles. The highest BCUT2D eigenvalue weighted by Gasteiger charge is 2.17. The summed E-state index contributed by atoms with van der Waals surface area (Å²) in [7, 11) is 0. The summed E-state index contributed by atoms with van der Waals surface area (Å²) in [6.07, 6.45) is 1.61. The molecule has 1 heterocycles. The standard InChI is InChI=1S/C14H12ClN3O3S/c1-9(22-14-12(15)3-2-8-16-14)13(19)17-10-4-6-11(7-5-10)18(20)21/h2-9H,1H3,(H,17,19). The van der Waals surface area contributed by atoms with Crippen LogP contribution in [-0.4, -0.2) is 21.1 Å². The van der Waals surface area contributed by atoms with Gasteiger partial charge in [-0.25, -0.2) is 4.98 Å². The van der Waals surface area contributed by atoms with Crippen molar-refractivity contribution in [1.82, 2.24) is 4.98 Å². The Balaban J connectivity index is 1.99. The number of amides is 1. The molecule has 0 spiro atoms. The number of thioether (sulfide) groups is 1. The molecule has 1 aromatic heterocycles. The molecule has 6 nitrogen and oxygen atoms in total. The molecular formula is C14H12ClN3O3S. The van der Waals surface area contributed by atoms with Crippen LogP contribution >= 0.6 is 23.4 Å². The number of nitro groups is 1. The van der Waals surface area contributed by atoms with Crippen molar-refractivity contribution in [3.8, 4) is 0 Å². The summed E-state index contributed by atoms with van der Waals surface area (Å²) < 4.78 is 0. The molecule has 22 heavy (non-hydrogen) atoms. The monoisotopic (exact) mass is 337 g/mol. The molecule has 0 aliphatic rings. The molecule has 114 valence electrons. The van der Waals surface area contributed by atoms with Crippen molar-refractivity contribution >= 4 is 40.6 Å². The zero-order valence-corrected chi connectivity index (χ0v) is 13.1. The van der Waals surface area contributed by atoms with Crippen LogP contribution in [0.15, 0.2) is 47.6 Å². The maximum Gasteiger partial charge on any atom is 0.269 e. The van der Waals surface area contributed by atoms with Gasteiger partial charge in [0.15, 0.2) is 0 Å². The number of nitro benzene ring substituents is 1. The van der Waals surface area contributed by atoms with Gasteiger partial charge in [0.1, 0.15) is 5.03 Å². The zero-order valence-electron chi connectivity index (χ0n) is 11.5. The minimum absolute atomic E-state index is 0.0271. The van der Waals surface area contributed by atoms with Gasteiger partial charge in [0.05, 0.1) is 15.2 Å². The lowest BCUT2D eigenvalue weighted by molar-refractivity contribution is -0.384. The molecule has 0 radical (unpaired) electrons. The van der Waals surface area contributed by atoms with Gasteiger partial charge in [-0.3, -0.25) is 14.9 Å². The van der Waals surface area contributed by atoms with Gasteiger partial charge in [-0.05, 0) is 31.2 Å². The molecule has 8 heteroatoms. The van der Waals surface area contributed by atoms with E-state index in [0.29, 0.717) is 15.7 Å². The van der Waals surface area contributed by atoms with Crippen molar-refractivity contribution in [2.24, 2.45) is 0 Å². The summed E-state index contributed by atoms with van der Waals surface area (Å²) in [6, 6.07) is 9.07. The highest BCUT2D eigenvalue weighted by atomic mass is 35.5. The number of carbonyl (C=O) groups excluding carboxylic acids is 1. The van der Waals surface area contributed by atoms with Crippen LogP contribution in [0.2, 0.25) is 5.02 Å². The Kier molecular flexibility index (Phi) is 5.35. The van der Waals surface area contributed by atoms with Gasteiger partial charge >= 0.3 is 0 Å². The predicted octanol–water partition coefficient (Wildman–Crippen LogP) is 3.76. The van der Waals surface area contributed by atoms with Gasteiger partial charge in [0, 0.05) is 24.0 Å². The smallest absolute Gasteiger partial charge is 0.269 e. The Labute approximate surface area is 136 Å². The average molecular weight is 338 g/mol. The molecular weight excluding hydrogens is 326 g/mol. The molecule has 0 saturated heterocycles. The summed E-state index contributed by atoms with van der Waals surface area (Å²) >= 11 is 7.24. The van der Waals surface area contributed by atoms with Crippen molar-refractivity contribution in [2.45, 2.75) is 17.2 Å². The molecule has 0 aliphatic carbocycles. The van der Waals surface area contributed by atoms with Crippen LogP contribution in [0.5, 0.6) is 0 Å². The third-order valence-electron chi connectivity index (χ3n) is 2.73. The largest absolute Gasteiger partial charge is 0.325 e. The first-order valence-electron chi connectivity index (χ1n) is 6.30. The van der Waals surface area contributed by atoms with Crippen LogP contribution in [-0.2, 0) is 4.79 Å². The first-order valence-corrected chi connectivity index (χ1v) is 7.55. The van der Waals surface area contributed by atoms with Crippen molar-refractivity contribution in [1.29, 1.82) is 0 Å². The number of halogens is 1. The third kappa shape index (κ3) is 4.19. The number of hydrogen-bond donors (Lipinski definition) is 1. The number of anilines is 1.